The Kier molecular flexibility index (Phi) is 8.11. The first kappa shape index (κ1) is 27.6. The van der Waals surface area contributed by atoms with Crippen molar-refractivity contribution >= 4 is 0 Å². The van der Waals surface area contributed by atoms with Crippen LogP contribution in [0.5, 0.6) is 5.75 Å². The molecule has 0 saturated heterocycles. The highest BCUT2D eigenvalue weighted by Crippen LogP contribution is 2.42. The van der Waals surface area contributed by atoms with Crippen LogP contribution in [0.3, 0.4) is 0 Å². The number of hydrogen-bond donors (Lipinski definition) is 1. The highest BCUT2D eigenvalue weighted by atomic mass is 16.3. The van der Waals surface area contributed by atoms with Gasteiger partial charge in [-0.05, 0) is 83.0 Å². The molecule has 0 spiro atoms. The van der Waals surface area contributed by atoms with E-state index < -0.39 is 0 Å². The molecule has 0 fully saturated rings. The Bertz CT molecular complexity index is 1400. The molecule has 0 amide bonds. The minimum absolute atomic E-state index is 0.154. The molecule has 2 nitrogen and oxygen atoms in total. The maximum atomic E-state index is 11.4. The molecule has 0 aliphatic rings. The molecular weight excluding hydrogens is 462 g/mol. The predicted molar refractivity (Wildman–Crippen MR) is 162 cm³/mol. The Morgan fingerprint density at radius 1 is 0.711 bits per heavy atom. The lowest BCUT2D eigenvalue weighted by Crippen LogP contribution is -2.12. The number of aryl methyl sites for hydroxylation is 2. The van der Waals surface area contributed by atoms with Crippen LogP contribution in [0.1, 0.15) is 93.8 Å². The summed E-state index contributed by atoms with van der Waals surface area (Å²) in [6.07, 6.45) is 1.87. The molecule has 2 heteroatoms. The number of benzene rings is 3. The number of pyridine rings is 1. The molecule has 1 aromatic heterocycles. The minimum atomic E-state index is -0.154. The fourth-order valence-corrected chi connectivity index (χ4v) is 5.51. The van der Waals surface area contributed by atoms with E-state index in [-0.39, 0.29) is 5.41 Å². The van der Waals surface area contributed by atoms with Crippen LogP contribution < -0.4 is 0 Å². The van der Waals surface area contributed by atoms with E-state index in [0.29, 0.717) is 17.6 Å². The zero-order valence-corrected chi connectivity index (χ0v) is 24.4. The molecule has 1 N–H and O–H groups in total. The Balaban J connectivity index is 1.72. The second kappa shape index (κ2) is 11.2. The standard InChI is InChI=1S/C36H43NO/c1-23(2)27-16-12-17-28(24(3)4)30(27)20-19-26-13-11-18-34(37-26)31-15-10-9-14-29(31)32-21-25(5)22-33(35(32)38)36(6,7)8/h9-18,21-24,38H,19-20H2,1-8H3. The van der Waals surface area contributed by atoms with Crippen LogP contribution >= 0.6 is 0 Å². The lowest BCUT2D eigenvalue weighted by Gasteiger charge is -2.23. The second-order valence-corrected chi connectivity index (χ2v) is 12.2. The van der Waals surface area contributed by atoms with Crippen LogP contribution in [0.2, 0.25) is 0 Å². The van der Waals surface area contributed by atoms with Gasteiger partial charge in [-0.15, -0.1) is 0 Å². The first-order valence-electron chi connectivity index (χ1n) is 14.0. The fourth-order valence-electron chi connectivity index (χ4n) is 5.51. The Morgan fingerprint density at radius 3 is 1.92 bits per heavy atom. The van der Waals surface area contributed by atoms with Gasteiger partial charge in [-0.1, -0.05) is 103 Å². The van der Waals surface area contributed by atoms with Crippen LogP contribution in [-0.2, 0) is 18.3 Å². The van der Waals surface area contributed by atoms with Crippen molar-refractivity contribution in [3.8, 4) is 28.1 Å². The number of aromatic hydroxyl groups is 1. The van der Waals surface area contributed by atoms with E-state index in [0.717, 1.165) is 52.0 Å². The summed E-state index contributed by atoms with van der Waals surface area (Å²) < 4.78 is 0. The number of phenols is 1. The van der Waals surface area contributed by atoms with Crippen molar-refractivity contribution in [3.05, 3.63) is 106 Å². The summed E-state index contributed by atoms with van der Waals surface area (Å²) >= 11 is 0. The van der Waals surface area contributed by atoms with E-state index in [1.807, 2.05) is 6.07 Å². The van der Waals surface area contributed by atoms with Gasteiger partial charge in [0.2, 0.25) is 0 Å². The summed E-state index contributed by atoms with van der Waals surface area (Å²) in [5.41, 5.74) is 11.3. The maximum Gasteiger partial charge on any atom is 0.127 e. The Morgan fingerprint density at radius 2 is 1.32 bits per heavy atom. The Hall–Kier alpha value is -3.39. The third-order valence-corrected chi connectivity index (χ3v) is 7.49. The number of rotatable bonds is 7. The molecule has 198 valence electrons. The van der Waals surface area contributed by atoms with E-state index >= 15 is 0 Å². The third-order valence-electron chi connectivity index (χ3n) is 7.49. The Labute approximate surface area is 229 Å². The quantitative estimate of drug-likeness (QED) is 0.271. The molecule has 4 aromatic rings. The van der Waals surface area contributed by atoms with Gasteiger partial charge in [-0.25, -0.2) is 0 Å². The maximum absolute atomic E-state index is 11.4. The summed E-state index contributed by atoms with van der Waals surface area (Å²) in [6.45, 7) is 17.7. The summed E-state index contributed by atoms with van der Waals surface area (Å²) in [4.78, 5) is 5.13. The molecule has 3 aromatic carbocycles. The van der Waals surface area contributed by atoms with Crippen molar-refractivity contribution in [2.45, 2.75) is 85.5 Å². The normalized spacial score (nSPS) is 11.9. The first-order valence-corrected chi connectivity index (χ1v) is 14.0. The average molecular weight is 506 g/mol. The molecular formula is C36H43NO. The van der Waals surface area contributed by atoms with Crippen molar-refractivity contribution in [3.63, 3.8) is 0 Å². The summed E-state index contributed by atoms with van der Waals surface area (Å²) in [5, 5.41) is 11.4. The van der Waals surface area contributed by atoms with Crippen LogP contribution in [0, 0.1) is 6.92 Å². The lowest BCUT2D eigenvalue weighted by molar-refractivity contribution is 0.448. The molecule has 0 radical (unpaired) electrons. The molecule has 38 heavy (non-hydrogen) atoms. The van der Waals surface area contributed by atoms with Gasteiger partial charge in [0.25, 0.3) is 0 Å². The smallest absolute Gasteiger partial charge is 0.127 e. The first-order chi connectivity index (χ1) is 18.0. The molecule has 0 atom stereocenters. The van der Waals surface area contributed by atoms with E-state index in [4.69, 9.17) is 4.98 Å². The zero-order chi connectivity index (χ0) is 27.6. The highest BCUT2D eigenvalue weighted by molar-refractivity contribution is 5.86. The predicted octanol–water partition coefficient (Wildman–Crippen LogP) is 9.76. The monoisotopic (exact) mass is 505 g/mol. The second-order valence-electron chi connectivity index (χ2n) is 12.2. The average Bonchev–Trinajstić information content (AvgIpc) is 2.87. The van der Waals surface area contributed by atoms with Crippen molar-refractivity contribution < 1.29 is 5.11 Å². The summed E-state index contributed by atoms with van der Waals surface area (Å²) in [6, 6.07) is 25.6. The number of aromatic nitrogens is 1. The van der Waals surface area contributed by atoms with E-state index in [2.05, 4.69) is 122 Å². The minimum Gasteiger partial charge on any atom is -0.507 e. The molecule has 0 saturated carbocycles. The molecule has 0 aliphatic carbocycles. The summed E-state index contributed by atoms with van der Waals surface area (Å²) in [5.74, 6) is 1.35. The van der Waals surface area contributed by atoms with E-state index in [9.17, 15) is 5.11 Å². The van der Waals surface area contributed by atoms with Gasteiger partial charge in [-0.3, -0.25) is 4.98 Å². The van der Waals surface area contributed by atoms with Gasteiger partial charge in [0, 0.05) is 22.4 Å². The fraction of sp³-hybridized carbons (Fsp3) is 0.361. The molecule has 0 aliphatic heterocycles. The number of nitrogens with zero attached hydrogens (tertiary/aromatic N) is 1. The summed E-state index contributed by atoms with van der Waals surface area (Å²) in [7, 11) is 0. The lowest BCUT2D eigenvalue weighted by atomic mass is 9.82. The largest absolute Gasteiger partial charge is 0.507 e. The van der Waals surface area contributed by atoms with Crippen molar-refractivity contribution in [2.24, 2.45) is 0 Å². The zero-order valence-electron chi connectivity index (χ0n) is 24.4. The van der Waals surface area contributed by atoms with Gasteiger partial charge in [0.15, 0.2) is 0 Å². The third kappa shape index (κ3) is 5.85. The van der Waals surface area contributed by atoms with Gasteiger partial charge in [0.05, 0.1) is 5.69 Å². The van der Waals surface area contributed by atoms with E-state index in [1.165, 1.54) is 16.7 Å². The van der Waals surface area contributed by atoms with Crippen molar-refractivity contribution in [2.75, 3.05) is 0 Å². The molecule has 1 heterocycles. The SMILES string of the molecule is Cc1cc(-c2ccccc2-c2cccc(CCc3c(C(C)C)cccc3C(C)C)n2)c(O)c(C(C)(C)C)c1. The van der Waals surface area contributed by atoms with Gasteiger partial charge in [0.1, 0.15) is 5.75 Å². The molecule has 0 unspecified atom stereocenters. The van der Waals surface area contributed by atoms with Crippen molar-refractivity contribution in [1.29, 1.82) is 0 Å². The van der Waals surface area contributed by atoms with Gasteiger partial charge >= 0.3 is 0 Å². The molecule has 0 bridgehead atoms. The van der Waals surface area contributed by atoms with Crippen LogP contribution in [0.4, 0.5) is 0 Å². The van der Waals surface area contributed by atoms with Gasteiger partial charge in [-0.2, -0.15) is 0 Å². The van der Waals surface area contributed by atoms with Crippen LogP contribution in [-0.4, -0.2) is 10.1 Å². The molecule has 4 rings (SSSR count). The number of phenolic OH excluding ortho intramolecular Hbond substituents is 1. The van der Waals surface area contributed by atoms with Gasteiger partial charge < -0.3 is 5.11 Å². The highest BCUT2D eigenvalue weighted by Gasteiger charge is 2.23. The van der Waals surface area contributed by atoms with Crippen molar-refractivity contribution in [1.82, 2.24) is 4.98 Å². The van der Waals surface area contributed by atoms with E-state index in [1.54, 1.807) is 0 Å². The van der Waals surface area contributed by atoms with Crippen LogP contribution in [0.15, 0.2) is 72.8 Å². The van der Waals surface area contributed by atoms with Crippen LogP contribution in [0.25, 0.3) is 22.4 Å². The topological polar surface area (TPSA) is 33.1 Å². The number of hydrogen-bond acceptors (Lipinski definition) is 2.